The molecule has 0 aliphatic heterocycles. The number of hydrogen-bond donors (Lipinski definition) is 3. The standard InChI is InChI=1S/C18H12ClF3N4O2/c19-14-6-5-11(7-13(14)18(20,21)22)26-16(27)10(8-23)9-25-17(28)12-3-1-2-4-15(12)24/h1-7,9H,24H2,(H,25,28)(H,26,27)/b10-9-. The van der Waals surface area contributed by atoms with E-state index in [2.05, 4.69) is 10.6 Å². The van der Waals surface area contributed by atoms with E-state index in [9.17, 15) is 22.8 Å². The van der Waals surface area contributed by atoms with Gasteiger partial charge in [0, 0.05) is 17.6 Å². The summed E-state index contributed by atoms with van der Waals surface area (Å²) >= 11 is 5.51. The van der Waals surface area contributed by atoms with Gasteiger partial charge in [0.2, 0.25) is 0 Å². The zero-order chi connectivity index (χ0) is 20.9. The first-order chi connectivity index (χ1) is 13.1. The lowest BCUT2D eigenvalue weighted by Gasteiger charge is -2.11. The Balaban J connectivity index is 2.16. The van der Waals surface area contributed by atoms with Crippen LogP contribution in [0.2, 0.25) is 5.02 Å². The maximum absolute atomic E-state index is 12.9. The molecule has 0 atom stereocenters. The van der Waals surface area contributed by atoms with E-state index in [1.54, 1.807) is 18.2 Å². The van der Waals surface area contributed by atoms with Gasteiger partial charge in [-0.3, -0.25) is 9.59 Å². The van der Waals surface area contributed by atoms with Crippen LogP contribution in [0, 0.1) is 11.3 Å². The zero-order valence-corrected chi connectivity index (χ0v) is 14.7. The number of nitrogens with two attached hydrogens (primary N) is 1. The molecule has 10 heteroatoms. The maximum atomic E-state index is 12.9. The number of nitrogens with one attached hydrogen (secondary N) is 2. The Morgan fingerprint density at radius 3 is 2.46 bits per heavy atom. The van der Waals surface area contributed by atoms with Gasteiger partial charge in [0.05, 0.1) is 16.1 Å². The van der Waals surface area contributed by atoms with Gasteiger partial charge in [-0.05, 0) is 30.3 Å². The van der Waals surface area contributed by atoms with Crippen LogP contribution in [0.1, 0.15) is 15.9 Å². The van der Waals surface area contributed by atoms with Gasteiger partial charge in [0.15, 0.2) is 0 Å². The molecule has 2 aromatic rings. The normalized spacial score (nSPS) is 11.5. The molecule has 0 spiro atoms. The molecule has 0 aromatic heterocycles. The Morgan fingerprint density at radius 1 is 1.18 bits per heavy atom. The molecule has 6 nitrogen and oxygen atoms in total. The van der Waals surface area contributed by atoms with E-state index >= 15 is 0 Å². The molecular weight excluding hydrogens is 397 g/mol. The van der Waals surface area contributed by atoms with Crippen molar-refractivity contribution in [1.82, 2.24) is 5.32 Å². The van der Waals surface area contributed by atoms with E-state index in [1.165, 1.54) is 12.1 Å². The van der Waals surface area contributed by atoms with E-state index in [0.29, 0.717) is 6.07 Å². The highest BCUT2D eigenvalue weighted by Crippen LogP contribution is 2.36. The number of nitrogen functional groups attached to an aromatic ring is 1. The molecule has 0 heterocycles. The fourth-order valence-electron chi connectivity index (χ4n) is 2.09. The van der Waals surface area contributed by atoms with Gasteiger partial charge in [-0.1, -0.05) is 23.7 Å². The highest BCUT2D eigenvalue weighted by molar-refractivity contribution is 6.31. The number of amides is 2. The summed E-state index contributed by atoms with van der Waals surface area (Å²) in [5, 5.41) is 12.9. The third-order valence-electron chi connectivity index (χ3n) is 3.45. The van der Waals surface area contributed by atoms with Crippen LogP contribution in [-0.4, -0.2) is 11.8 Å². The zero-order valence-electron chi connectivity index (χ0n) is 14.0. The Labute approximate surface area is 162 Å². The van der Waals surface area contributed by atoms with Crippen molar-refractivity contribution >= 4 is 34.8 Å². The van der Waals surface area contributed by atoms with Gasteiger partial charge < -0.3 is 16.4 Å². The Bertz CT molecular complexity index is 997. The summed E-state index contributed by atoms with van der Waals surface area (Å²) in [4.78, 5) is 24.2. The van der Waals surface area contributed by atoms with Crippen molar-refractivity contribution in [2.24, 2.45) is 0 Å². The topological polar surface area (TPSA) is 108 Å². The molecule has 0 unspecified atom stereocenters. The number of alkyl halides is 3. The lowest BCUT2D eigenvalue weighted by atomic mass is 10.1. The predicted molar refractivity (Wildman–Crippen MR) is 97.1 cm³/mol. The van der Waals surface area contributed by atoms with E-state index < -0.39 is 34.1 Å². The number of carbonyl (C=O) groups is 2. The Kier molecular flexibility index (Phi) is 6.28. The quantitative estimate of drug-likeness (QED) is 0.407. The first-order valence-electron chi connectivity index (χ1n) is 7.57. The number of hydrogen-bond acceptors (Lipinski definition) is 4. The van der Waals surface area contributed by atoms with Crippen LogP contribution in [0.5, 0.6) is 0 Å². The lowest BCUT2D eigenvalue weighted by Crippen LogP contribution is -2.22. The second-order valence-electron chi connectivity index (χ2n) is 5.38. The minimum absolute atomic E-state index is 0.129. The van der Waals surface area contributed by atoms with Crippen LogP contribution in [-0.2, 0) is 11.0 Å². The van der Waals surface area contributed by atoms with Crippen LogP contribution in [0.25, 0.3) is 0 Å². The third-order valence-corrected chi connectivity index (χ3v) is 3.78. The first kappa shape index (κ1) is 20.8. The van der Waals surface area contributed by atoms with Gasteiger partial charge in [-0.2, -0.15) is 18.4 Å². The van der Waals surface area contributed by atoms with Crippen molar-refractivity contribution in [3.8, 4) is 6.07 Å². The highest BCUT2D eigenvalue weighted by atomic mass is 35.5. The fourth-order valence-corrected chi connectivity index (χ4v) is 2.31. The first-order valence-corrected chi connectivity index (χ1v) is 7.95. The van der Waals surface area contributed by atoms with Crippen LogP contribution >= 0.6 is 11.6 Å². The number of para-hydroxylation sites is 1. The molecule has 2 aromatic carbocycles. The van der Waals surface area contributed by atoms with Crippen LogP contribution in [0.15, 0.2) is 54.2 Å². The number of rotatable bonds is 4. The molecule has 0 saturated heterocycles. The predicted octanol–water partition coefficient (Wildman–Crippen LogP) is 3.72. The largest absolute Gasteiger partial charge is 0.417 e. The number of nitriles is 1. The smallest absolute Gasteiger partial charge is 0.398 e. The van der Waals surface area contributed by atoms with Crippen LogP contribution < -0.4 is 16.4 Å². The van der Waals surface area contributed by atoms with E-state index in [0.717, 1.165) is 18.3 Å². The summed E-state index contributed by atoms with van der Waals surface area (Å²) in [6.07, 6.45) is -3.87. The van der Waals surface area contributed by atoms with Gasteiger partial charge in [-0.15, -0.1) is 0 Å². The molecule has 0 radical (unpaired) electrons. The summed E-state index contributed by atoms with van der Waals surface area (Å²) in [7, 11) is 0. The Morgan fingerprint density at radius 2 is 1.86 bits per heavy atom. The average Bonchev–Trinajstić information content (AvgIpc) is 2.63. The minimum atomic E-state index is -4.71. The van der Waals surface area contributed by atoms with Crippen LogP contribution in [0.4, 0.5) is 24.5 Å². The third kappa shape index (κ3) is 5.02. The molecule has 0 fully saturated rings. The van der Waals surface area contributed by atoms with Crippen molar-refractivity contribution in [3.63, 3.8) is 0 Å². The fraction of sp³-hybridized carbons (Fsp3) is 0.0556. The van der Waals surface area contributed by atoms with Crippen molar-refractivity contribution in [2.45, 2.75) is 6.18 Å². The lowest BCUT2D eigenvalue weighted by molar-refractivity contribution is -0.137. The average molecular weight is 409 g/mol. The molecule has 0 aliphatic carbocycles. The number of anilines is 2. The number of carbonyl (C=O) groups excluding carboxylic acids is 2. The molecule has 0 bridgehead atoms. The number of halogens is 4. The summed E-state index contributed by atoms with van der Waals surface area (Å²) < 4.78 is 38.6. The van der Waals surface area contributed by atoms with Gasteiger partial charge in [0.25, 0.3) is 11.8 Å². The van der Waals surface area contributed by atoms with E-state index in [4.69, 9.17) is 22.6 Å². The molecular formula is C18H12ClF3N4O2. The second-order valence-corrected chi connectivity index (χ2v) is 5.78. The Hall–Kier alpha value is -3.51. The summed E-state index contributed by atoms with van der Waals surface area (Å²) in [6.45, 7) is 0. The highest BCUT2D eigenvalue weighted by Gasteiger charge is 2.33. The van der Waals surface area contributed by atoms with Crippen molar-refractivity contribution in [1.29, 1.82) is 5.26 Å². The number of nitrogens with zero attached hydrogens (tertiary/aromatic N) is 1. The number of benzene rings is 2. The molecule has 0 saturated carbocycles. The molecule has 144 valence electrons. The molecule has 28 heavy (non-hydrogen) atoms. The van der Waals surface area contributed by atoms with Gasteiger partial charge in [-0.25, -0.2) is 0 Å². The molecule has 2 amide bonds. The minimum Gasteiger partial charge on any atom is -0.398 e. The van der Waals surface area contributed by atoms with Crippen molar-refractivity contribution in [3.05, 3.63) is 70.4 Å². The van der Waals surface area contributed by atoms with Crippen molar-refractivity contribution < 1.29 is 22.8 Å². The van der Waals surface area contributed by atoms with E-state index in [-0.39, 0.29) is 16.9 Å². The second kappa shape index (κ2) is 8.45. The molecule has 4 N–H and O–H groups in total. The van der Waals surface area contributed by atoms with Crippen molar-refractivity contribution in [2.75, 3.05) is 11.1 Å². The maximum Gasteiger partial charge on any atom is 0.417 e. The summed E-state index contributed by atoms with van der Waals surface area (Å²) in [5.74, 6) is -1.68. The summed E-state index contributed by atoms with van der Waals surface area (Å²) in [6, 6.07) is 10.4. The monoisotopic (exact) mass is 408 g/mol. The molecule has 2 rings (SSSR count). The molecule has 0 aliphatic rings. The summed E-state index contributed by atoms with van der Waals surface area (Å²) in [5.41, 5.74) is 4.08. The SMILES string of the molecule is N#C/C(=C/NC(=O)c1ccccc1N)C(=O)Nc1ccc(Cl)c(C(F)(F)F)c1. The van der Waals surface area contributed by atoms with E-state index in [1.807, 2.05) is 0 Å². The van der Waals surface area contributed by atoms with Gasteiger partial charge in [0.1, 0.15) is 11.6 Å². The van der Waals surface area contributed by atoms with Gasteiger partial charge >= 0.3 is 6.18 Å². The van der Waals surface area contributed by atoms with Crippen LogP contribution in [0.3, 0.4) is 0 Å².